The smallest absolute Gasteiger partial charge is 0.361 e. The Morgan fingerprint density at radius 3 is 2.68 bits per heavy atom. The summed E-state index contributed by atoms with van der Waals surface area (Å²) in [5, 5.41) is 10.3. The second kappa shape index (κ2) is 7.57. The maximum atomic E-state index is 13.1. The van der Waals surface area contributed by atoms with Crippen LogP contribution < -0.4 is 4.74 Å². The molecule has 128 valence electrons. The Morgan fingerprint density at radius 2 is 1.96 bits per heavy atom. The Labute approximate surface area is 143 Å². The Balaban J connectivity index is 1.70. The number of nitrogens with one attached hydrogen (secondary N) is 1. The lowest BCUT2D eigenvalue weighted by atomic mass is 10.1. The van der Waals surface area contributed by atoms with Crippen molar-refractivity contribution in [2.75, 3.05) is 6.61 Å². The minimum absolute atomic E-state index is 0.144. The van der Waals surface area contributed by atoms with E-state index in [4.69, 9.17) is 9.47 Å². The maximum Gasteiger partial charge on any atom is 0.361 e. The molecule has 0 atom stereocenters. The van der Waals surface area contributed by atoms with Gasteiger partial charge in [0.1, 0.15) is 23.9 Å². The number of rotatable bonds is 6. The summed E-state index contributed by atoms with van der Waals surface area (Å²) in [4.78, 5) is 11.9. The topological polar surface area (TPSA) is 77.1 Å². The largest absolute Gasteiger partial charge is 0.489 e. The maximum absolute atomic E-state index is 13.1. The number of hydrogen-bond acceptors (Lipinski definition) is 5. The molecule has 7 heteroatoms. The van der Waals surface area contributed by atoms with E-state index in [1.807, 2.05) is 24.3 Å². The molecular formula is C18H16FN3O3. The fourth-order valence-electron chi connectivity index (χ4n) is 2.26. The van der Waals surface area contributed by atoms with Gasteiger partial charge in [0, 0.05) is 11.6 Å². The van der Waals surface area contributed by atoms with Crippen molar-refractivity contribution in [1.29, 1.82) is 0 Å². The molecule has 1 heterocycles. The number of carbonyl (C=O) groups is 1. The average molecular weight is 341 g/mol. The summed E-state index contributed by atoms with van der Waals surface area (Å²) in [6, 6.07) is 13.3. The number of halogens is 1. The second-order valence-electron chi connectivity index (χ2n) is 5.18. The van der Waals surface area contributed by atoms with E-state index in [1.54, 1.807) is 19.1 Å². The summed E-state index contributed by atoms with van der Waals surface area (Å²) in [6.45, 7) is 2.29. The van der Waals surface area contributed by atoms with E-state index in [9.17, 15) is 9.18 Å². The van der Waals surface area contributed by atoms with Crippen molar-refractivity contribution >= 4 is 5.97 Å². The van der Waals surface area contributed by atoms with E-state index in [0.29, 0.717) is 18.1 Å². The van der Waals surface area contributed by atoms with Crippen LogP contribution in [0, 0.1) is 5.82 Å². The first-order chi connectivity index (χ1) is 12.2. The number of ether oxygens (including phenoxy) is 2. The summed E-state index contributed by atoms with van der Waals surface area (Å²) >= 11 is 0. The predicted molar refractivity (Wildman–Crippen MR) is 88.5 cm³/mol. The van der Waals surface area contributed by atoms with Gasteiger partial charge in [0.25, 0.3) is 0 Å². The number of esters is 1. The van der Waals surface area contributed by atoms with E-state index in [1.165, 1.54) is 12.1 Å². The number of H-pyrrole nitrogens is 1. The van der Waals surface area contributed by atoms with Gasteiger partial charge in [-0.2, -0.15) is 10.3 Å². The zero-order valence-corrected chi connectivity index (χ0v) is 13.5. The third kappa shape index (κ3) is 4.00. The highest BCUT2D eigenvalue weighted by Gasteiger charge is 2.18. The highest BCUT2D eigenvalue weighted by Crippen LogP contribution is 2.21. The molecule has 0 saturated carbocycles. The molecule has 1 aromatic heterocycles. The van der Waals surface area contributed by atoms with Gasteiger partial charge in [0.05, 0.1) is 6.61 Å². The fraction of sp³-hybridized carbons (Fsp3) is 0.167. The van der Waals surface area contributed by atoms with Gasteiger partial charge < -0.3 is 9.47 Å². The van der Waals surface area contributed by atoms with Crippen molar-refractivity contribution in [1.82, 2.24) is 15.4 Å². The summed E-state index contributed by atoms with van der Waals surface area (Å²) < 4.78 is 23.6. The molecule has 0 aliphatic rings. The minimum atomic E-state index is -0.523. The minimum Gasteiger partial charge on any atom is -0.489 e. The second-order valence-corrected chi connectivity index (χ2v) is 5.18. The van der Waals surface area contributed by atoms with Crippen LogP contribution in [0.1, 0.15) is 23.0 Å². The molecule has 0 fully saturated rings. The lowest BCUT2D eigenvalue weighted by Gasteiger charge is -2.07. The van der Waals surface area contributed by atoms with Crippen LogP contribution >= 0.6 is 0 Å². The standard InChI is InChI=1S/C18H16FN3O3/c1-2-24-18(23)17-16(20-22-21-17)13-8-6-12(7-9-13)11-25-15-5-3-4-14(19)10-15/h3-10H,2,11H2,1H3,(H,20,21,22). The lowest BCUT2D eigenvalue weighted by molar-refractivity contribution is 0.0520. The molecule has 0 aliphatic heterocycles. The highest BCUT2D eigenvalue weighted by atomic mass is 19.1. The molecule has 2 aromatic carbocycles. The first-order valence-electron chi connectivity index (χ1n) is 7.73. The van der Waals surface area contributed by atoms with E-state index >= 15 is 0 Å². The van der Waals surface area contributed by atoms with Crippen LogP contribution in [0.5, 0.6) is 5.75 Å². The lowest BCUT2D eigenvalue weighted by Crippen LogP contribution is -2.06. The number of carbonyl (C=O) groups excluding carboxylic acids is 1. The quantitative estimate of drug-likeness (QED) is 0.696. The van der Waals surface area contributed by atoms with Crippen molar-refractivity contribution < 1.29 is 18.7 Å². The van der Waals surface area contributed by atoms with Crippen LogP contribution in [0.4, 0.5) is 4.39 Å². The fourth-order valence-corrected chi connectivity index (χ4v) is 2.26. The average Bonchev–Trinajstić information content (AvgIpc) is 3.10. The summed E-state index contributed by atoms with van der Waals surface area (Å²) in [5.74, 6) is -0.402. The van der Waals surface area contributed by atoms with E-state index in [0.717, 1.165) is 11.1 Å². The molecule has 0 radical (unpaired) electrons. The van der Waals surface area contributed by atoms with Gasteiger partial charge in [-0.05, 0) is 24.6 Å². The first-order valence-corrected chi connectivity index (χ1v) is 7.73. The molecule has 25 heavy (non-hydrogen) atoms. The van der Waals surface area contributed by atoms with E-state index < -0.39 is 5.97 Å². The third-order valence-corrected chi connectivity index (χ3v) is 3.45. The van der Waals surface area contributed by atoms with Crippen LogP contribution in [0.3, 0.4) is 0 Å². The van der Waals surface area contributed by atoms with Gasteiger partial charge >= 0.3 is 5.97 Å². The molecule has 0 amide bonds. The summed E-state index contributed by atoms with van der Waals surface area (Å²) in [5.41, 5.74) is 2.20. The molecule has 0 aliphatic carbocycles. The van der Waals surface area contributed by atoms with Crippen LogP contribution in [0.2, 0.25) is 0 Å². The number of aromatic nitrogens is 3. The molecule has 3 aromatic rings. The molecule has 1 N–H and O–H groups in total. The van der Waals surface area contributed by atoms with Gasteiger partial charge in [-0.15, -0.1) is 5.10 Å². The highest BCUT2D eigenvalue weighted by molar-refractivity contribution is 5.93. The molecule has 0 saturated heterocycles. The van der Waals surface area contributed by atoms with Gasteiger partial charge in [0.2, 0.25) is 0 Å². The molecule has 6 nitrogen and oxygen atoms in total. The van der Waals surface area contributed by atoms with Crippen LogP contribution in [0.15, 0.2) is 48.5 Å². The Kier molecular flexibility index (Phi) is 5.03. The predicted octanol–water partition coefficient (Wildman–Crippen LogP) is 3.37. The van der Waals surface area contributed by atoms with Crippen molar-refractivity contribution in [2.45, 2.75) is 13.5 Å². The van der Waals surface area contributed by atoms with Crippen molar-refractivity contribution in [3.63, 3.8) is 0 Å². The van der Waals surface area contributed by atoms with Crippen molar-refractivity contribution in [2.24, 2.45) is 0 Å². The SMILES string of the molecule is CCOC(=O)c1n[nH]nc1-c1ccc(COc2cccc(F)c2)cc1. The van der Waals surface area contributed by atoms with Gasteiger partial charge in [-0.3, -0.25) is 0 Å². The number of hydrogen-bond donors (Lipinski definition) is 1. The number of benzene rings is 2. The Hall–Kier alpha value is -3.22. The summed E-state index contributed by atoms with van der Waals surface area (Å²) in [7, 11) is 0. The molecular weight excluding hydrogens is 325 g/mol. The molecule has 0 spiro atoms. The molecule has 0 unspecified atom stereocenters. The normalized spacial score (nSPS) is 10.5. The zero-order chi connectivity index (χ0) is 17.6. The Bertz CT molecular complexity index is 862. The van der Waals surface area contributed by atoms with Crippen LogP contribution in [0.25, 0.3) is 11.3 Å². The van der Waals surface area contributed by atoms with Gasteiger partial charge in [-0.25, -0.2) is 9.18 Å². The Morgan fingerprint density at radius 1 is 1.16 bits per heavy atom. The number of aromatic amines is 1. The number of nitrogens with zero attached hydrogens (tertiary/aromatic N) is 2. The van der Waals surface area contributed by atoms with Crippen LogP contribution in [-0.2, 0) is 11.3 Å². The molecule has 0 bridgehead atoms. The van der Waals surface area contributed by atoms with Crippen molar-refractivity contribution in [3.05, 3.63) is 65.6 Å². The van der Waals surface area contributed by atoms with E-state index in [2.05, 4.69) is 15.4 Å². The van der Waals surface area contributed by atoms with Crippen LogP contribution in [-0.4, -0.2) is 28.0 Å². The summed E-state index contributed by atoms with van der Waals surface area (Å²) in [6.07, 6.45) is 0. The van der Waals surface area contributed by atoms with Gasteiger partial charge in [-0.1, -0.05) is 30.3 Å². The molecule has 3 rings (SSSR count). The third-order valence-electron chi connectivity index (χ3n) is 3.45. The monoisotopic (exact) mass is 341 g/mol. The zero-order valence-electron chi connectivity index (χ0n) is 13.5. The van der Waals surface area contributed by atoms with Gasteiger partial charge in [0.15, 0.2) is 5.69 Å². The van der Waals surface area contributed by atoms with E-state index in [-0.39, 0.29) is 18.1 Å². The first kappa shape index (κ1) is 16.6. The van der Waals surface area contributed by atoms with Crippen molar-refractivity contribution in [3.8, 4) is 17.0 Å².